The Morgan fingerprint density at radius 2 is 1.94 bits per heavy atom. The summed E-state index contributed by atoms with van der Waals surface area (Å²) in [6, 6.07) is 4.68. The summed E-state index contributed by atoms with van der Waals surface area (Å²) < 4.78 is 17.4. The van der Waals surface area contributed by atoms with Gasteiger partial charge in [0, 0.05) is 25.7 Å². The number of carboxylic acid groups (broad SMARTS) is 1. The number of carbonyl (C=O) groups is 1. The van der Waals surface area contributed by atoms with E-state index in [0.29, 0.717) is 43.5 Å². The zero-order valence-corrected chi connectivity index (χ0v) is 20.8. The van der Waals surface area contributed by atoms with Gasteiger partial charge in [-0.1, -0.05) is 13.8 Å². The number of hydrogen-bond acceptors (Lipinski definition) is 5. The quantitative estimate of drug-likeness (QED) is 0.677. The van der Waals surface area contributed by atoms with Crippen LogP contribution in [-0.2, 0) is 11.2 Å². The van der Waals surface area contributed by atoms with Gasteiger partial charge in [0.25, 0.3) is 0 Å². The van der Waals surface area contributed by atoms with Gasteiger partial charge in [0.15, 0.2) is 11.5 Å². The van der Waals surface area contributed by atoms with Crippen LogP contribution in [0.3, 0.4) is 0 Å². The molecule has 2 fully saturated rings. The zero-order valence-electron chi connectivity index (χ0n) is 20.8. The Morgan fingerprint density at radius 3 is 2.61 bits per heavy atom. The molecule has 0 unspecified atom stereocenters. The van der Waals surface area contributed by atoms with Crippen molar-refractivity contribution in [2.75, 3.05) is 47.0 Å². The van der Waals surface area contributed by atoms with Crippen molar-refractivity contribution in [1.29, 1.82) is 0 Å². The summed E-state index contributed by atoms with van der Waals surface area (Å²) in [6.07, 6.45) is 3.32. The standard InChI is InChI=1S/C26H40N2O5/c1-17(2)10-20-15-27-7-6-18-12-23(31-4)24(32-5)13-21(18)22(27)11-19(20)14-26(3)16-28(25(29)30)8-9-33-26/h12-13,17,19-20,22H,6-11,14-16H2,1-5H3,(H,29,30)/t19-,20-,22-,26+/m1/s1. The van der Waals surface area contributed by atoms with Gasteiger partial charge in [0.05, 0.1) is 33.0 Å². The fourth-order valence-electron chi connectivity index (χ4n) is 6.40. The van der Waals surface area contributed by atoms with E-state index in [1.165, 1.54) is 22.4 Å². The maximum Gasteiger partial charge on any atom is 0.407 e. The minimum absolute atomic E-state index is 0.352. The molecule has 0 aliphatic carbocycles. The molecule has 1 N–H and O–H groups in total. The van der Waals surface area contributed by atoms with Crippen molar-refractivity contribution in [2.45, 2.75) is 58.1 Å². The molecule has 7 heteroatoms. The van der Waals surface area contributed by atoms with Crippen LogP contribution in [0.2, 0.25) is 0 Å². The third kappa shape index (κ3) is 5.09. The second kappa shape index (κ2) is 9.71. The van der Waals surface area contributed by atoms with E-state index in [1.807, 2.05) is 0 Å². The number of amides is 1. The molecule has 1 amide bonds. The summed E-state index contributed by atoms with van der Waals surface area (Å²) in [6.45, 7) is 10.2. The van der Waals surface area contributed by atoms with Crippen LogP contribution in [0.25, 0.3) is 0 Å². The molecule has 3 aliphatic heterocycles. The maximum atomic E-state index is 11.6. The van der Waals surface area contributed by atoms with Crippen molar-refractivity contribution in [3.8, 4) is 11.5 Å². The number of ether oxygens (including phenoxy) is 3. The van der Waals surface area contributed by atoms with Crippen LogP contribution in [0.15, 0.2) is 12.1 Å². The predicted molar refractivity (Wildman–Crippen MR) is 127 cm³/mol. The second-order valence-corrected chi connectivity index (χ2v) is 10.8. The Balaban J connectivity index is 1.60. The van der Waals surface area contributed by atoms with E-state index in [9.17, 15) is 9.90 Å². The monoisotopic (exact) mass is 460 g/mol. The van der Waals surface area contributed by atoms with Gasteiger partial charge in [0.1, 0.15) is 0 Å². The normalized spacial score (nSPS) is 30.0. The molecule has 3 aliphatic rings. The van der Waals surface area contributed by atoms with Crippen molar-refractivity contribution < 1.29 is 24.1 Å². The van der Waals surface area contributed by atoms with E-state index in [0.717, 1.165) is 43.9 Å². The number of morpholine rings is 1. The van der Waals surface area contributed by atoms with Crippen LogP contribution in [-0.4, -0.2) is 73.6 Å². The Labute approximate surface area is 198 Å². The number of methoxy groups -OCH3 is 2. The summed E-state index contributed by atoms with van der Waals surface area (Å²) in [5, 5.41) is 9.54. The van der Waals surface area contributed by atoms with E-state index < -0.39 is 11.7 Å². The molecular weight excluding hydrogens is 420 g/mol. The van der Waals surface area contributed by atoms with E-state index in [-0.39, 0.29) is 0 Å². The average molecular weight is 461 g/mol. The first kappa shape index (κ1) is 24.1. The number of benzene rings is 1. The summed E-state index contributed by atoms with van der Waals surface area (Å²) in [7, 11) is 3.39. The topological polar surface area (TPSA) is 71.5 Å². The van der Waals surface area contributed by atoms with Crippen molar-refractivity contribution in [3.05, 3.63) is 23.3 Å². The first-order chi connectivity index (χ1) is 15.7. The van der Waals surface area contributed by atoms with Gasteiger partial charge in [-0.05, 0) is 73.6 Å². The third-order valence-electron chi connectivity index (χ3n) is 7.85. The van der Waals surface area contributed by atoms with Gasteiger partial charge in [-0.25, -0.2) is 4.79 Å². The van der Waals surface area contributed by atoms with E-state index in [1.54, 1.807) is 14.2 Å². The largest absolute Gasteiger partial charge is 0.493 e. The first-order valence-electron chi connectivity index (χ1n) is 12.3. The van der Waals surface area contributed by atoms with Crippen LogP contribution in [0.5, 0.6) is 11.5 Å². The van der Waals surface area contributed by atoms with Gasteiger partial charge < -0.3 is 24.2 Å². The SMILES string of the molecule is COc1cc2c(cc1OC)[C@H]1C[C@H](C[C@@]3(C)CN(C(=O)O)CCO3)[C@H](CC(C)C)CN1CC2. The number of fused-ring (bicyclic) bond motifs is 3. The summed E-state index contributed by atoms with van der Waals surface area (Å²) in [5.41, 5.74) is 2.27. The molecule has 0 saturated carbocycles. The highest BCUT2D eigenvalue weighted by atomic mass is 16.5. The Bertz CT molecular complexity index is 859. The molecule has 2 saturated heterocycles. The lowest BCUT2D eigenvalue weighted by atomic mass is 9.70. The third-order valence-corrected chi connectivity index (χ3v) is 7.85. The lowest BCUT2D eigenvalue weighted by Crippen LogP contribution is -2.54. The summed E-state index contributed by atoms with van der Waals surface area (Å²) in [4.78, 5) is 15.8. The highest BCUT2D eigenvalue weighted by Crippen LogP contribution is 2.48. The summed E-state index contributed by atoms with van der Waals surface area (Å²) >= 11 is 0. The Morgan fingerprint density at radius 1 is 1.21 bits per heavy atom. The van der Waals surface area contributed by atoms with Crippen molar-refractivity contribution in [1.82, 2.24) is 9.80 Å². The molecule has 4 atom stereocenters. The summed E-state index contributed by atoms with van der Waals surface area (Å²) in [5.74, 6) is 3.28. The number of hydrogen-bond donors (Lipinski definition) is 1. The van der Waals surface area contributed by atoms with Crippen molar-refractivity contribution in [2.24, 2.45) is 17.8 Å². The molecule has 1 aromatic rings. The van der Waals surface area contributed by atoms with Gasteiger partial charge in [-0.3, -0.25) is 4.90 Å². The lowest BCUT2D eigenvalue weighted by Gasteiger charge is -2.50. The highest BCUT2D eigenvalue weighted by molar-refractivity contribution is 5.65. The molecule has 0 bridgehead atoms. The molecule has 7 nitrogen and oxygen atoms in total. The van der Waals surface area contributed by atoms with Crippen LogP contribution in [0.1, 0.15) is 57.2 Å². The number of piperidine rings is 1. The maximum absolute atomic E-state index is 11.6. The van der Waals surface area contributed by atoms with E-state index in [2.05, 4.69) is 37.8 Å². The molecule has 4 rings (SSSR count). The molecule has 0 radical (unpaired) electrons. The molecule has 33 heavy (non-hydrogen) atoms. The molecule has 184 valence electrons. The fraction of sp³-hybridized carbons (Fsp3) is 0.731. The Hall–Kier alpha value is -1.99. The number of rotatable bonds is 6. The molecule has 0 aromatic heterocycles. The molecule has 0 spiro atoms. The van der Waals surface area contributed by atoms with Gasteiger partial charge in [-0.2, -0.15) is 0 Å². The molecular formula is C26H40N2O5. The average Bonchev–Trinajstić information content (AvgIpc) is 2.77. The lowest BCUT2D eigenvalue weighted by molar-refractivity contribution is -0.113. The van der Waals surface area contributed by atoms with Gasteiger partial charge in [0.2, 0.25) is 0 Å². The van der Waals surface area contributed by atoms with E-state index >= 15 is 0 Å². The van der Waals surface area contributed by atoms with Crippen LogP contribution in [0.4, 0.5) is 4.79 Å². The van der Waals surface area contributed by atoms with Crippen LogP contribution < -0.4 is 9.47 Å². The minimum Gasteiger partial charge on any atom is -0.493 e. The predicted octanol–water partition coefficient (Wildman–Crippen LogP) is 4.44. The highest BCUT2D eigenvalue weighted by Gasteiger charge is 2.44. The van der Waals surface area contributed by atoms with Gasteiger partial charge >= 0.3 is 6.09 Å². The first-order valence-corrected chi connectivity index (χ1v) is 12.3. The zero-order chi connectivity index (χ0) is 23.8. The second-order valence-electron chi connectivity index (χ2n) is 10.8. The minimum atomic E-state index is -0.847. The Kier molecular flexibility index (Phi) is 7.10. The molecule has 1 aromatic carbocycles. The van der Waals surface area contributed by atoms with Crippen molar-refractivity contribution >= 4 is 6.09 Å². The molecule has 3 heterocycles. The van der Waals surface area contributed by atoms with Crippen molar-refractivity contribution in [3.63, 3.8) is 0 Å². The van der Waals surface area contributed by atoms with E-state index in [4.69, 9.17) is 14.2 Å². The van der Waals surface area contributed by atoms with Gasteiger partial charge in [-0.15, -0.1) is 0 Å². The van der Waals surface area contributed by atoms with Crippen LogP contribution in [0, 0.1) is 17.8 Å². The van der Waals surface area contributed by atoms with Crippen LogP contribution >= 0.6 is 0 Å². The number of nitrogens with zero attached hydrogens (tertiary/aromatic N) is 2. The fourth-order valence-corrected chi connectivity index (χ4v) is 6.40. The smallest absolute Gasteiger partial charge is 0.407 e.